The van der Waals surface area contributed by atoms with E-state index in [4.69, 9.17) is 22.2 Å². The van der Waals surface area contributed by atoms with E-state index in [9.17, 15) is 0 Å². The van der Waals surface area contributed by atoms with E-state index in [0.29, 0.717) is 19.0 Å². The first-order chi connectivity index (χ1) is 9.22. The highest BCUT2D eigenvalue weighted by atomic mass is 35.5. The molecule has 1 aliphatic rings. The van der Waals surface area contributed by atoms with Gasteiger partial charge in [-0.2, -0.15) is 0 Å². The number of pyridine rings is 1. The first kappa shape index (κ1) is 12.3. The molecule has 98 valence electrons. The Morgan fingerprint density at radius 3 is 2.84 bits per heavy atom. The van der Waals surface area contributed by atoms with E-state index in [2.05, 4.69) is 11.1 Å². The van der Waals surface area contributed by atoms with Crippen molar-refractivity contribution in [3.05, 3.63) is 42.1 Å². The predicted molar refractivity (Wildman–Crippen MR) is 75.8 cm³/mol. The summed E-state index contributed by atoms with van der Waals surface area (Å²) in [5, 5.41) is 0. The number of aromatic nitrogens is 1. The fourth-order valence-corrected chi connectivity index (χ4v) is 2.32. The minimum atomic E-state index is 0.522. The van der Waals surface area contributed by atoms with Gasteiger partial charge in [0.25, 0.3) is 0 Å². The van der Waals surface area contributed by atoms with Gasteiger partial charge >= 0.3 is 0 Å². The molecule has 0 unspecified atom stereocenters. The van der Waals surface area contributed by atoms with Crippen LogP contribution in [0.4, 0.5) is 5.82 Å². The Morgan fingerprint density at radius 2 is 2.05 bits per heavy atom. The molecule has 2 N–H and O–H groups in total. The Balaban J connectivity index is 1.98. The van der Waals surface area contributed by atoms with Crippen molar-refractivity contribution in [3.63, 3.8) is 0 Å². The van der Waals surface area contributed by atoms with Crippen LogP contribution < -0.4 is 10.5 Å². The molecule has 5 heteroatoms. The van der Waals surface area contributed by atoms with Crippen LogP contribution in [0.15, 0.2) is 36.5 Å². The second kappa shape index (κ2) is 5.07. The molecule has 0 bridgehead atoms. The lowest BCUT2D eigenvalue weighted by atomic mass is 10.0. The topological polar surface area (TPSA) is 51.4 Å². The van der Waals surface area contributed by atoms with Gasteiger partial charge in [-0.15, -0.1) is 0 Å². The molecular formula is C14H14ClN3O. The van der Waals surface area contributed by atoms with Crippen LogP contribution in [0.5, 0.6) is 5.75 Å². The lowest BCUT2D eigenvalue weighted by Gasteiger charge is -2.10. The van der Waals surface area contributed by atoms with Gasteiger partial charge in [0.15, 0.2) is 0 Å². The fraction of sp³-hybridized carbons (Fsp3) is 0.214. The van der Waals surface area contributed by atoms with Gasteiger partial charge in [0.1, 0.15) is 18.2 Å². The average Bonchev–Trinajstić information content (AvgIpc) is 2.59. The molecule has 0 amide bonds. The second-order valence-corrected chi connectivity index (χ2v) is 4.97. The Kier molecular flexibility index (Phi) is 3.27. The number of hydrogen-bond donors (Lipinski definition) is 1. The zero-order valence-corrected chi connectivity index (χ0v) is 11.1. The van der Waals surface area contributed by atoms with Gasteiger partial charge in [0, 0.05) is 30.4 Å². The molecule has 2 aromatic rings. The first-order valence-electron chi connectivity index (χ1n) is 6.11. The number of rotatable bonds is 1. The molecule has 3 rings (SSSR count). The number of nitrogens with zero attached hydrogens (tertiary/aromatic N) is 2. The van der Waals surface area contributed by atoms with Gasteiger partial charge in [-0.3, -0.25) is 0 Å². The number of nitrogens with two attached hydrogens (primary N) is 1. The van der Waals surface area contributed by atoms with Crippen LogP contribution in [-0.2, 0) is 6.54 Å². The molecule has 1 aliphatic heterocycles. The summed E-state index contributed by atoms with van der Waals surface area (Å²) in [7, 11) is 0. The van der Waals surface area contributed by atoms with E-state index in [1.54, 1.807) is 16.7 Å². The van der Waals surface area contributed by atoms with E-state index in [0.717, 1.165) is 29.0 Å². The molecule has 0 radical (unpaired) electrons. The summed E-state index contributed by atoms with van der Waals surface area (Å²) in [6.07, 6.45) is 1.77. The summed E-state index contributed by atoms with van der Waals surface area (Å²) in [4.78, 5) is 4.11. The summed E-state index contributed by atoms with van der Waals surface area (Å²) < 4.78 is 7.40. The van der Waals surface area contributed by atoms with Crippen LogP contribution in [0.1, 0.15) is 5.56 Å². The summed E-state index contributed by atoms with van der Waals surface area (Å²) in [6.45, 7) is 2.00. The largest absolute Gasteiger partial charge is 0.492 e. The first-order valence-corrected chi connectivity index (χ1v) is 6.44. The van der Waals surface area contributed by atoms with Crippen molar-refractivity contribution < 1.29 is 4.74 Å². The summed E-state index contributed by atoms with van der Waals surface area (Å²) in [5.41, 5.74) is 8.80. The van der Waals surface area contributed by atoms with Crippen molar-refractivity contribution >= 4 is 17.6 Å². The molecule has 0 atom stereocenters. The van der Waals surface area contributed by atoms with Crippen LogP contribution in [0.25, 0.3) is 11.1 Å². The highest BCUT2D eigenvalue weighted by molar-refractivity contribution is 6.13. The summed E-state index contributed by atoms with van der Waals surface area (Å²) in [6, 6.07) is 9.85. The molecule has 0 fully saturated rings. The van der Waals surface area contributed by atoms with Crippen LogP contribution >= 0.6 is 11.8 Å². The molecule has 1 aromatic carbocycles. The van der Waals surface area contributed by atoms with Crippen molar-refractivity contribution in [3.8, 4) is 16.9 Å². The quantitative estimate of drug-likeness (QED) is 0.813. The minimum Gasteiger partial charge on any atom is -0.492 e. The van der Waals surface area contributed by atoms with E-state index < -0.39 is 0 Å². The molecule has 2 heterocycles. The maximum atomic E-state index is 6.09. The van der Waals surface area contributed by atoms with Crippen LogP contribution in [0.3, 0.4) is 0 Å². The molecule has 19 heavy (non-hydrogen) atoms. The third kappa shape index (κ3) is 2.64. The zero-order chi connectivity index (χ0) is 13.2. The number of fused-ring (bicyclic) bond motifs is 1. The van der Waals surface area contributed by atoms with Gasteiger partial charge in [0.05, 0.1) is 0 Å². The number of halogens is 1. The third-order valence-electron chi connectivity index (χ3n) is 3.11. The van der Waals surface area contributed by atoms with Gasteiger partial charge in [0.2, 0.25) is 0 Å². The van der Waals surface area contributed by atoms with Crippen LogP contribution in [0, 0.1) is 0 Å². The Labute approximate surface area is 116 Å². The highest BCUT2D eigenvalue weighted by Crippen LogP contribution is 2.29. The van der Waals surface area contributed by atoms with Crippen molar-refractivity contribution in [2.45, 2.75) is 6.54 Å². The molecule has 0 spiro atoms. The van der Waals surface area contributed by atoms with Crippen molar-refractivity contribution in [1.82, 2.24) is 9.40 Å². The molecular weight excluding hydrogens is 262 g/mol. The van der Waals surface area contributed by atoms with E-state index in [-0.39, 0.29) is 0 Å². The SMILES string of the molecule is Nc1ccc(-c2ccc3c(c2)CN(Cl)CCO3)cn1. The Hall–Kier alpha value is -1.78. The lowest BCUT2D eigenvalue weighted by molar-refractivity contribution is 0.298. The number of anilines is 1. The van der Waals surface area contributed by atoms with Crippen LogP contribution in [0.2, 0.25) is 0 Å². The normalized spacial score (nSPS) is 15.4. The second-order valence-electron chi connectivity index (χ2n) is 4.49. The molecule has 1 aromatic heterocycles. The zero-order valence-electron chi connectivity index (χ0n) is 10.3. The van der Waals surface area contributed by atoms with Crippen molar-refractivity contribution in [1.29, 1.82) is 0 Å². The van der Waals surface area contributed by atoms with Gasteiger partial charge < -0.3 is 10.5 Å². The van der Waals surface area contributed by atoms with Crippen molar-refractivity contribution in [2.75, 3.05) is 18.9 Å². The van der Waals surface area contributed by atoms with Crippen molar-refractivity contribution in [2.24, 2.45) is 0 Å². The predicted octanol–water partition coefficient (Wildman–Crippen LogP) is 2.68. The number of hydrogen-bond acceptors (Lipinski definition) is 4. The molecule has 0 saturated carbocycles. The minimum absolute atomic E-state index is 0.522. The number of benzene rings is 1. The van der Waals surface area contributed by atoms with E-state index in [1.165, 1.54) is 0 Å². The highest BCUT2D eigenvalue weighted by Gasteiger charge is 2.14. The maximum absolute atomic E-state index is 6.09. The monoisotopic (exact) mass is 275 g/mol. The summed E-state index contributed by atoms with van der Waals surface area (Å²) in [5.74, 6) is 1.42. The molecule has 0 aliphatic carbocycles. The van der Waals surface area contributed by atoms with Gasteiger partial charge in [-0.05, 0) is 41.6 Å². The summed E-state index contributed by atoms with van der Waals surface area (Å²) >= 11 is 6.09. The third-order valence-corrected chi connectivity index (χ3v) is 3.40. The van der Waals surface area contributed by atoms with Gasteiger partial charge in [-0.25, -0.2) is 9.40 Å². The Bertz CT molecular complexity index is 586. The number of nitrogen functional groups attached to an aromatic ring is 1. The van der Waals surface area contributed by atoms with E-state index in [1.807, 2.05) is 18.2 Å². The molecule has 0 saturated heterocycles. The standard InChI is InChI=1S/C14H14ClN3O/c15-18-5-6-19-13-3-1-10(7-12(13)9-18)11-2-4-14(16)17-8-11/h1-4,7-8H,5-6,9H2,(H2,16,17). The average molecular weight is 276 g/mol. The van der Waals surface area contributed by atoms with Gasteiger partial charge in [-0.1, -0.05) is 6.07 Å². The maximum Gasteiger partial charge on any atom is 0.123 e. The smallest absolute Gasteiger partial charge is 0.123 e. The van der Waals surface area contributed by atoms with E-state index >= 15 is 0 Å². The molecule has 4 nitrogen and oxygen atoms in total. The fourth-order valence-electron chi connectivity index (χ4n) is 2.12. The Morgan fingerprint density at radius 1 is 1.21 bits per heavy atom. The number of ether oxygens (including phenoxy) is 1. The van der Waals surface area contributed by atoms with Crippen LogP contribution in [-0.4, -0.2) is 22.6 Å². The lowest BCUT2D eigenvalue weighted by Crippen LogP contribution is -2.14.